The number of hydrogen-bond donors (Lipinski definition) is 1. The van der Waals surface area contributed by atoms with E-state index in [4.69, 9.17) is 4.98 Å². The summed E-state index contributed by atoms with van der Waals surface area (Å²) in [6, 6.07) is 16.9. The monoisotopic (exact) mass is 435 g/mol. The summed E-state index contributed by atoms with van der Waals surface area (Å²) in [6.45, 7) is 5.52. The van der Waals surface area contributed by atoms with Gasteiger partial charge in [-0.25, -0.2) is 4.98 Å². The van der Waals surface area contributed by atoms with E-state index in [0.717, 1.165) is 27.4 Å². The van der Waals surface area contributed by atoms with Crippen molar-refractivity contribution in [2.75, 3.05) is 13.3 Å². The molecule has 4 nitrogen and oxygen atoms in total. The molecule has 30 heavy (non-hydrogen) atoms. The van der Waals surface area contributed by atoms with E-state index in [9.17, 15) is 4.79 Å². The van der Waals surface area contributed by atoms with Gasteiger partial charge in [0.1, 0.15) is 10.7 Å². The molecule has 2 aromatic heterocycles. The Morgan fingerprint density at radius 1 is 1.03 bits per heavy atom. The number of aryl methyl sites for hydroxylation is 2. The van der Waals surface area contributed by atoms with Crippen molar-refractivity contribution in [2.24, 2.45) is 0 Å². The zero-order chi connectivity index (χ0) is 21.3. The minimum absolute atomic E-state index is 0.0624. The van der Waals surface area contributed by atoms with Crippen molar-refractivity contribution >= 4 is 33.3 Å². The number of aromatic nitrogens is 2. The van der Waals surface area contributed by atoms with Crippen LogP contribution in [0.1, 0.15) is 21.8 Å². The molecule has 0 atom stereocenters. The Hall–Kier alpha value is -2.41. The highest BCUT2D eigenvalue weighted by molar-refractivity contribution is 7.98. The van der Waals surface area contributed by atoms with Gasteiger partial charge in [0.15, 0.2) is 0 Å². The van der Waals surface area contributed by atoms with E-state index in [1.54, 1.807) is 23.1 Å². The minimum Gasteiger partial charge on any atom is -0.309 e. The average molecular weight is 436 g/mol. The van der Waals surface area contributed by atoms with E-state index in [1.807, 2.05) is 7.05 Å². The van der Waals surface area contributed by atoms with Crippen molar-refractivity contribution in [3.63, 3.8) is 0 Å². The van der Waals surface area contributed by atoms with Gasteiger partial charge in [-0.3, -0.25) is 9.69 Å². The van der Waals surface area contributed by atoms with E-state index in [1.165, 1.54) is 16.0 Å². The van der Waals surface area contributed by atoms with Crippen molar-refractivity contribution < 1.29 is 0 Å². The highest BCUT2D eigenvalue weighted by Crippen LogP contribution is 2.35. The fourth-order valence-corrected chi connectivity index (χ4v) is 5.13. The van der Waals surface area contributed by atoms with Gasteiger partial charge in [-0.2, -0.15) is 0 Å². The maximum absolute atomic E-state index is 13.0. The van der Waals surface area contributed by atoms with Gasteiger partial charge in [0, 0.05) is 21.9 Å². The molecule has 4 rings (SSSR count). The number of rotatable bonds is 6. The average Bonchev–Trinajstić information content (AvgIpc) is 3.05. The number of aromatic amines is 1. The summed E-state index contributed by atoms with van der Waals surface area (Å²) in [5, 5.41) is 0.695. The highest BCUT2D eigenvalue weighted by atomic mass is 32.2. The first-order valence-electron chi connectivity index (χ1n) is 9.85. The lowest BCUT2D eigenvalue weighted by Crippen LogP contribution is -2.21. The number of fused-ring (bicyclic) bond motifs is 1. The molecule has 0 fully saturated rings. The molecule has 0 radical (unpaired) electrons. The quantitative estimate of drug-likeness (QED) is 0.399. The molecule has 1 N–H and O–H groups in total. The maximum Gasteiger partial charge on any atom is 0.260 e. The number of nitrogens with zero attached hydrogens (tertiary/aromatic N) is 2. The van der Waals surface area contributed by atoms with Gasteiger partial charge in [-0.05, 0) is 50.4 Å². The summed E-state index contributed by atoms with van der Waals surface area (Å²) < 4.78 is 0. The molecule has 0 spiro atoms. The largest absolute Gasteiger partial charge is 0.309 e. The Morgan fingerprint density at radius 3 is 2.40 bits per heavy atom. The second-order valence-electron chi connectivity index (χ2n) is 7.61. The van der Waals surface area contributed by atoms with E-state index >= 15 is 0 Å². The van der Waals surface area contributed by atoms with Gasteiger partial charge in [0.05, 0.1) is 11.9 Å². The fourth-order valence-electron chi connectivity index (χ4n) is 3.66. The predicted molar refractivity (Wildman–Crippen MR) is 129 cm³/mol. The third kappa shape index (κ3) is 4.36. The Bertz CT molecular complexity index is 1220. The van der Waals surface area contributed by atoms with Crippen LogP contribution in [0.4, 0.5) is 0 Å². The topological polar surface area (TPSA) is 49.0 Å². The van der Waals surface area contributed by atoms with Crippen molar-refractivity contribution in [3.8, 4) is 11.1 Å². The van der Waals surface area contributed by atoms with Crippen molar-refractivity contribution in [2.45, 2.75) is 31.8 Å². The molecule has 0 saturated carbocycles. The molecular formula is C24H25N3OS2. The molecule has 0 unspecified atom stereocenters. The summed E-state index contributed by atoms with van der Waals surface area (Å²) >= 11 is 3.33. The SMILES string of the molecule is CSc1ccc(CN(C)Cc2nc3sc(C)c(-c4ccc(C)cc4)c3c(=O)[nH]2)cc1. The Labute approximate surface area is 185 Å². The zero-order valence-corrected chi connectivity index (χ0v) is 19.3. The van der Waals surface area contributed by atoms with E-state index in [2.05, 4.69) is 78.5 Å². The summed E-state index contributed by atoms with van der Waals surface area (Å²) in [6.07, 6.45) is 2.08. The molecule has 0 aliphatic heterocycles. The van der Waals surface area contributed by atoms with Gasteiger partial charge >= 0.3 is 0 Å². The smallest absolute Gasteiger partial charge is 0.260 e. The van der Waals surface area contributed by atoms with Crippen LogP contribution in [-0.4, -0.2) is 28.2 Å². The third-order valence-corrected chi connectivity index (χ3v) is 6.90. The fraction of sp³-hybridized carbons (Fsp3) is 0.250. The second kappa shape index (κ2) is 8.76. The lowest BCUT2D eigenvalue weighted by atomic mass is 10.0. The van der Waals surface area contributed by atoms with E-state index in [0.29, 0.717) is 17.8 Å². The second-order valence-corrected chi connectivity index (χ2v) is 9.70. The number of hydrogen-bond acceptors (Lipinski definition) is 5. The van der Waals surface area contributed by atoms with Crippen LogP contribution < -0.4 is 5.56 Å². The van der Waals surface area contributed by atoms with E-state index in [-0.39, 0.29) is 5.56 Å². The molecule has 154 valence electrons. The zero-order valence-electron chi connectivity index (χ0n) is 17.7. The van der Waals surface area contributed by atoms with Crippen LogP contribution >= 0.6 is 23.1 Å². The van der Waals surface area contributed by atoms with Crippen LogP contribution in [0.3, 0.4) is 0 Å². The van der Waals surface area contributed by atoms with Gasteiger partial charge < -0.3 is 4.98 Å². The predicted octanol–water partition coefficient (Wildman–Crippen LogP) is 5.62. The standard InChI is InChI=1S/C24H25N3OS2/c1-15-5-9-18(10-6-15)21-16(2)30-24-22(21)23(28)25-20(26-24)14-27(3)13-17-7-11-19(29-4)12-8-17/h5-12H,13-14H2,1-4H3,(H,25,26,28). The third-order valence-electron chi connectivity index (χ3n) is 5.16. The summed E-state index contributed by atoms with van der Waals surface area (Å²) in [4.78, 5) is 26.1. The maximum atomic E-state index is 13.0. The number of thioether (sulfide) groups is 1. The molecule has 0 bridgehead atoms. The minimum atomic E-state index is -0.0624. The van der Waals surface area contributed by atoms with Gasteiger partial charge in [0.2, 0.25) is 0 Å². The normalized spacial score (nSPS) is 11.5. The number of thiophene rings is 1. The van der Waals surface area contributed by atoms with Crippen molar-refractivity contribution in [3.05, 3.63) is 80.7 Å². The Kier molecular flexibility index (Phi) is 6.09. The Balaban J connectivity index is 1.60. The highest BCUT2D eigenvalue weighted by Gasteiger charge is 2.17. The molecule has 2 heterocycles. The molecule has 0 aliphatic rings. The first-order chi connectivity index (χ1) is 14.4. The van der Waals surface area contributed by atoms with Crippen LogP contribution in [0.5, 0.6) is 0 Å². The molecule has 2 aromatic carbocycles. The lowest BCUT2D eigenvalue weighted by Gasteiger charge is -2.16. The van der Waals surface area contributed by atoms with Gasteiger partial charge in [-0.15, -0.1) is 23.1 Å². The van der Waals surface area contributed by atoms with Gasteiger partial charge in [-0.1, -0.05) is 42.0 Å². The molecule has 0 amide bonds. The van der Waals surface area contributed by atoms with E-state index < -0.39 is 0 Å². The molecule has 6 heteroatoms. The summed E-state index contributed by atoms with van der Waals surface area (Å²) in [5.74, 6) is 0.701. The molecule has 4 aromatic rings. The van der Waals surface area contributed by atoms with Crippen LogP contribution in [0.2, 0.25) is 0 Å². The Morgan fingerprint density at radius 2 is 1.73 bits per heavy atom. The first kappa shape index (κ1) is 20.8. The number of benzene rings is 2. The number of H-pyrrole nitrogens is 1. The number of nitrogens with one attached hydrogen (secondary N) is 1. The summed E-state index contributed by atoms with van der Waals surface area (Å²) in [5.41, 5.74) is 4.45. The molecule has 0 aliphatic carbocycles. The van der Waals surface area contributed by atoms with Gasteiger partial charge in [0.25, 0.3) is 5.56 Å². The molecular weight excluding hydrogens is 410 g/mol. The summed E-state index contributed by atoms with van der Waals surface area (Å²) in [7, 11) is 2.05. The van der Waals surface area contributed by atoms with Crippen LogP contribution in [-0.2, 0) is 13.1 Å². The lowest BCUT2D eigenvalue weighted by molar-refractivity contribution is 0.310. The molecule has 0 saturated heterocycles. The van der Waals surface area contributed by atoms with Crippen LogP contribution in [0.25, 0.3) is 21.3 Å². The van der Waals surface area contributed by atoms with Crippen molar-refractivity contribution in [1.82, 2.24) is 14.9 Å². The van der Waals surface area contributed by atoms with Crippen molar-refractivity contribution in [1.29, 1.82) is 0 Å². The van der Waals surface area contributed by atoms with Crippen LogP contribution in [0.15, 0.2) is 58.2 Å². The van der Waals surface area contributed by atoms with Crippen LogP contribution in [0, 0.1) is 13.8 Å². The first-order valence-corrected chi connectivity index (χ1v) is 11.9.